The molecule has 3 aromatic rings. The predicted molar refractivity (Wildman–Crippen MR) is 105 cm³/mol. The van der Waals surface area contributed by atoms with E-state index in [0.29, 0.717) is 6.61 Å². The van der Waals surface area contributed by atoms with Gasteiger partial charge in [-0.1, -0.05) is 72.5 Å². The Labute approximate surface area is 155 Å². The molecule has 0 aromatic heterocycles. The van der Waals surface area contributed by atoms with Crippen molar-refractivity contribution < 1.29 is 9.47 Å². The number of ether oxygens (including phenoxy) is 2. The predicted octanol–water partition coefficient (Wildman–Crippen LogP) is 5.05. The largest absolute Gasteiger partial charge is 0.497 e. The van der Waals surface area contributed by atoms with Crippen molar-refractivity contribution in [2.24, 2.45) is 0 Å². The maximum atomic E-state index is 6.11. The number of benzene rings is 3. The minimum Gasteiger partial charge on any atom is -0.497 e. The van der Waals surface area contributed by atoms with Crippen molar-refractivity contribution in [3.05, 3.63) is 102 Å². The zero-order valence-electron chi connectivity index (χ0n) is 14.9. The number of methoxy groups -OCH3 is 1. The molecule has 0 aliphatic carbocycles. The molecule has 130 valence electrons. The van der Waals surface area contributed by atoms with Gasteiger partial charge in [-0.15, -0.1) is 0 Å². The van der Waals surface area contributed by atoms with E-state index >= 15 is 0 Å². The minimum absolute atomic E-state index is 0.273. The van der Waals surface area contributed by atoms with E-state index in [2.05, 4.69) is 24.0 Å². The van der Waals surface area contributed by atoms with Gasteiger partial charge in [0.2, 0.25) is 0 Å². The average Bonchev–Trinajstić information content (AvgIpc) is 2.72. The normalized spacial score (nSPS) is 11.3. The van der Waals surface area contributed by atoms with E-state index in [-0.39, 0.29) is 6.10 Å². The average molecular weight is 342 g/mol. The summed E-state index contributed by atoms with van der Waals surface area (Å²) in [5, 5.41) is 0. The Balaban J connectivity index is 1.73. The van der Waals surface area contributed by atoms with E-state index in [0.717, 1.165) is 23.3 Å². The van der Waals surface area contributed by atoms with Crippen LogP contribution in [0.5, 0.6) is 5.75 Å². The molecule has 0 bridgehead atoms. The molecule has 26 heavy (non-hydrogen) atoms. The highest BCUT2D eigenvalue weighted by atomic mass is 16.5. The van der Waals surface area contributed by atoms with Crippen LogP contribution >= 0.6 is 0 Å². The Bertz CT molecular complexity index is 843. The third-order valence-corrected chi connectivity index (χ3v) is 4.06. The summed E-state index contributed by atoms with van der Waals surface area (Å²) < 4.78 is 11.4. The van der Waals surface area contributed by atoms with Gasteiger partial charge < -0.3 is 9.47 Å². The van der Waals surface area contributed by atoms with E-state index in [9.17, 15) is 0 Å². The fourth-order valence-corrected chi connectivity index (χ4v) is 2.61. The fourth-order valence-electron chi connectivity index (χ4n) is 2.61. The van der Waals surface area contributed by atoms with Crippen molar-refractivity contribution in [1.29, 1.82) is 0 Å². The summed E-state index contributed by atoms with van der Waals surface area (Å²) >= 11 is 0. The molecule has 0 amide bonds. The Morgan fingerprint density at radius 2 is 1.46 bits per heavy atom. The topological polar surface area (TPSA) is 18.5 Å². The van der Waals surface area contributed by atoms with Crippen molar-refractivity contribution in [2.45, 2.75) is 12.5 Å². The van der Waals surface area contributed by atoms with Gasteiger partial charge in [-0.25, -0.2) is 0 Å². The molecule has 0 saturated heterocycles. The summed E-state index contributed by atoms with van der Waals surface area (Å²) in [5.41, 5.74) is 3.27. The summed E-state index contributed by atoms with van der Waals surface area (Å²) in [4.78, 5) is 0. The Morgan fingerprint density at radius 1 is 0.808 bits per heavy atom. The molecule has 0 fully saturated rings. The summed E-state index contributed by atoms with van der Waals surface area (Å²) in [6.45, 7) is 0.615. The van der Waals surface area contributed by atoms with Gasteiger partial charge in [0.15, 0.2) is 0 Å². The number of hydrogen-bond donors (Lipinski definition) is 0. The van der Waals surface area contributed by atoms with E-state index in [4.69, 9.17) is 9.47 Å². The van der Waals surface area contributed by atoms with Crippen molar-refractivity contribution in [3.8, 4) is 17.6 Å². The lowest BCUT2D eigenvalue weighted by atomic mass is 10.1. The van der Waals surface area contributed by atoms with Gasteiger partial charge in [0.05, 0.1) is 13.7 Å². The van der Waals surface area contributed by atoms with Crippen LogP contribution in [-0.4, -0.2) is 13.7 Å². The standard InChI is InChI=1S/C24H22O2/c1-25-23-15-13-22(14-16-23)24(17-12-20-8-4-2-5-9-20)26-19-18-21-10-6-3-7-11-21/h2-11,13-16,24H,18-19H2,1H3. The third kappa shape index (κ3) is 5.24. The van der Waals surface area contributed by atoms with Crippen molar-refractivity contribution in [3.63, 3.8) is 0 Å². The van der Waals surface area contributed by atoms with Crippen LogP contribution < -0.4 is 4.74 Å². The maximum absolute atomic E-state index is 6.11. The lowest BCUT2D eigenvalue weighted by Crippen LogP contribution is -2.06. The van der Waals surface area contributed by atoms with Crippen LogP contribution in [0, 0.1) is 11.8 Å². The highest BCUT2D eigenvalue weighted by molar-refractivity contribution is 5.38. The van der Waals surface area contributed by atoms with Gasteiger partial charge in [-0.3, -0.25) is 0 Å². The Morgan fingerprint density at radius 3 is 2.12 bits per heavy atom. The van der Waals surface area contributed by atoms with Gasteiger partial charge in [0.25, 0.3) is 0 Å². The highest BCUT2D eigenvalue weighted by Gasteiger charge is 2.09. The van der Waals surface area contributed by atoms with Crippen molar-refractivity contribution in [1.82, 2.24) is 0 Å². The minimum atomic E-state index is -0.273. The van der Waals surface area contributed by atoms with Crippen LogP contribution in [0.15, 0.2) is 84.9 Å². The van der Waals surface area contributed by atoms with Crippen molar-refractivity contribution >= 4 is 0 Å². The first-order valence-corrected chi connectivity index (χ1v) is 8.71. The monoisotopic (exact) mass is 342 g/mol. The molecule has 0 saturated carbocycles. The zero-order valence-corrected chi connectivity index (χ0v) is 14.9. The lowest BCUT2D eigenvalue weighted by molar-refractivity contribution is 0.0942. The van der Waals surface area contributed by atoms with Gasteiger partial charge in [-0.05, 0) is 41.8 Å². The molecule has 0 heterocycles. The Hall–Kier alpha value is -3.02. The molecule has 3 aromatic carbocycles. The first-order valence-electron chi connectivity index (χ1n) is 8.71. The molecule has 0 N–H and O–H groups in total. The molecular weight excluding hydrogens is 320 g/mol. The molecule has 0 aliphatic rings. The fraction of sp³-hybridized carbons (Fsp3) is 0.167. The van der Waals surface area contributed by atoms with E-state index in [1.807, 2.05) is 72.8 Å². The second-order valence-corrected chi connectivity index (χ2v) is 5.89. The van der Waals surface area contributed by atoms with Crippen LogP contribution in [0.1, 0.15) is 22.8 Å². The number of hydrogen-bond acceptors (Lipinski definition) is 2. The van der Waals surface area contributed by atoms with Crippen LogP contribution in [0.25, 0.3) is 0 Å². The van der Waals surface area contributed by atoms with Crippen LogP contribution in [0.4, 0.5) is 0 Å². The van der Waals surface area contributed by atoms with E-state index in [1.165, 1.54) is 5.56 Å². The molecule has 0 spiro atoms. The summed E-state index contributed by atoms with van der Waals surface area (Å²) in [5.74, 6) is 7.30. The summed E-state index contributed by atoms with van der Waals surface area (Å²) in [6.07, 6.45) is 0.588. The van der Waals surface area contributed by atoms with E-state index < -0.39 is 0 Å². The highest BCUT2D eigenvalue weighted by Crippen LogP contribution is 2.21. The van der Waals surface area contributed by atoms with Gasteiger partial charge in [-0.2, -0.15) is 0 Å². The molecule has 1 unspecified atom stereocenters. The third-order valence-electron chi connectivity index (χ3n) is 4.06. The lowest BCUT2D eigenvalue weighted by Gasteiger charge is -2.13. The van der Waals surface area contributed by atoms with Crippen LogP contribution in [0.2, 0.25) is 0 Å². The Kier molecular flexibility index (Phi) is 6.47. The molecule has 0 aliphatic heterocycles. The second-order valence-electron chi connectivity index (χ2n) is 5.89. The quantitative estimate of drug-likeness (QED) is 0.584. The molecule has 2 nitrogen and oxygen atoms in total. The van der Waals surface area contributed by atoms with Gasteiger partial charge >= 0.3 is 0 Å². The first-order chi connectivity index (χ1) is 12.8. The maximum Gasteiger partial charge on any atom is 0.143 e. The van der Waals surface area contributed by atoms with Crippen LogP contribution in [0.3, 0.4) is 0 Å². The number of rotatable bonds is 6. The van der Waals surface area contributed by atoms with Gasteiger partial charge in [0.1, 0.15) is 11.9 Å². The van der Waals surface area contributed by atoms with Gasteiger partial charge in [0, 0.05) is 5.56 Å². The summed E-state index contributed by atoms with van der Waals surface area (Å²) in [7, 11) is 1.66. The smallest absolute Gasteiger partial charge is 0.143 e. The van der Waals surface area contributed by atoms with E-state index in [1.54, 1.807) is 7.11 Å². The molecule has 0 radical (unpaired) electrons. The zero-order chi connectivity index (χ0) is 18.0. The second kappa shape index (κ2) is 9.46. The SMILES string of the molecule is COc1ccc(C(C#Cc2ccccc2)OCCc2ccccc2)cc1. The van der Waals surface area contributed by atoms with Crippen molar-refractivity contribution in [2.75, 3.05) is 13.7 Å². The molecule has 3 rings (SSSR count). The summed E-state index contributed by atoms with van der Waals surface area (Å²) in [6, 6.07) is 28.2. The molecule has 1 atom stereocenters. The molecular formula is C24H22O2. The molecule has 2 heteroatoms. The van der Waals surface area contributed by atoms with Crippen LogP contribution in [-0.2, 0) is 11.2 Å². The first kappa shape index (κ1) is 17.8.